The Bertz CT molecular complexity index is 337. The lowest BCUT2D eigenvalue weighted by atomic mass is 10.1. The summed E-state index contributed by atoms with van der Waals surface area (Å²) in [6, 6.07) is 0. The average Bonchev–Trinajstić information content (AvgIpc) is 2.57. The van der Waals surface area contributed by atoms with Gasteiger partial charge in [-0.15, -0.1) is 0 Å². The number of nitrogens with zero attached hydrogens (tertiary/aromatic N) is 1. The third-order valence-corrected chi connectivity index (χ3v) is 5.16. The Hall–Kier alpha value is -0.360. The van der Waals surface area contributed by atoms with Crippen molar-refractivity contribution in [1.82, 2.24) is 10.2 Å². The van der Waals surface area contributed by atoms with Gasteiger partial charge in [-0.2, -0.15) is 0 Å². The lowest BCUT2D eigenvalue weighted by Gasteiger charge is -2.23. The molecule has 4 nitrogen and oxygen atoms in total. The van der Waals surface area contributed by atoms with Crippen molar-refractivity contribution in [2.24, 2.45) is 5.92 Å². The minimum absolute atomic E-state index is 0.221. The molecule has 0 aromatic carbocycles. The van der Waals surface area contributed by atoms with Gasteiger partial charge in [0.2, 0.25) is 0 Å². The molecular weight excluding hydrogens is 244 g/mol. The second-order valence-corrected chi connectivity index (χ2v) is 6.74. The number of nitrogens with one attached hydrogen (secondary N) is 1. The fraction of sp³-hybridized carbons (Fsp3) is 0.900. The van der Waals surface area contributed by atoms with Crippen LogP contribution in [0.2, 0.25) is 0 Å². The zero-order valence-electron chi connectivity index (χ0n) is 9.90. The maximum Gasteiger partial charge on any atom is 0.168 e. The molecule has 1 fully saturated rings. The van der Waals surface area contributed by atoms with Crippen LogP contribution < -0.4 is 5.32 Å². The van der Waals surface area contributed by atoms with Crippen molar-refractivity contribution in [2.45, 2.75) is 20.3 Å². The van der Waals surface area contributed by atoms with E-state index in [2.05, 4.69) is 24.1 Å². The maximum absolute atomic E-state index is 11.3. The Kier molecular flexibility index (Phi) is 4.98. The van der Waals surface area contributed by atoms with E-state index in [-0.39, 0.29) is 5.92 Å². The summed E-state index contributed by atoms with van der Waals surface area (Å²) in [5, 5.41) is 3.89. The number of hydrogen-bond donors (Lipinski definition) is 1. The van der Waals surface area contributed by atoms with Gasteiger partial charge in [0.25, 0.3) is 0 Å². The SMILES string of the molecule is CCN(CC)C(=S)NCC1CCS(=O)(=O)C1. The molecule has 1 rings (SSSR count). The van der Waals surface area contributed by atoms with Crippen molar-refractivity contribution in [1.29, 1.82) is 0 Å². The van der Waals surface area contributed by atoms with Crippen LogP contribution in [0.4, 0.5) is 0 Å². The highest BCUT2D eigenvalue weighted by molar-refractivity contribution is 7.91. The van der Waals surface area contributed by atoms with Gasteiger partial charge in [-0.1, -0.05) is 0 Å². The van der Waals surface area contributed by atoms with Crippen LogP contribution in [-0.4, -0.2) is 49.6 Å². The quantitative estimate of drug-likeness (QED) is 0.755. The molecule has 1 N–H and O–H groups in total. The summed E-state index contributed by atoms with van der Waals surface area (Å²) in [7, 11) is -2.77. The van der Waals surface area contributed by atoms with Crippen LogP contribution in [-0.2, 0) is 9.84 Å². The van der Waals surface area contributed by atoms with Gasteiger partial charge in [-0.05, 0) is 38.4 Å². The standard InChI is InChI=1S/C10H20N2O2S2/c1-3-12(4-2)10(15)11-7-9-5-6-16(13,14)8-9/h9H,3-8H2,1-2H3,(H,11,15). The predicted octanol–water partition coefficient (Wildman–Crippen LogP) is 0.637. The highest BCUT2D eigenvalue weighted by Crippen LogP contribution is 2.17. The largest absolute Gasteiger partial charge is 0.362 e. The monoisotopic (exact) mass is 264 g/mol. The first-order chi connectivity index (χ1) is 7.48. The van der Waals surface area contributed by atoms with E-state index in [1.54, 1.807) is 0 Å². The van der Waals surface area contributed by atoms with E-state index in [9.17, 15) is 8.42 Å². The second kappa shape index (κ2) is 5.82. The van der Waals surface area contributed by atoms with E-state index in [1.807, 2.05) is 0 Å². The molecule has 94 valence electrons. The van der Waals surface area contributed by atoms with Gasteiger partial charge in [0.05, 0.1) is 11.5 Å². The zero-order chi connectivity index (χ0) is 12.2. The van der Waals surface area contributed by atoms with Gasteiger partial charge < -0.3 is 10.2 Å². The van der Waals surface area contributed by atoms with Crippen LogP contribution >= 0.6 is 12.2 Å². The molecule has 1 unspecified atom stereocenters. The van der Waals surface area contributed by atoms with Crippen molar-refractivity contribution in [3.8, 4) is 0 Å². The highest BCUT2D eigenvalue weighted by Gasteiger charge is 2.27. The molecule has 6 heteroatoms. The van der Waals surface area contributed by atoms with Crippen LogP contribution in [0.5, 0.6) is 0 Å². The molecule has 0 aromatic heterocycles. The second-order valence-electron chi connectivity index (χ2n) is 4.13. The van der Waals surface area contributed by atoms with E-state index >= 15 is 0 Å². The van der Waals surface area contributed by atoms with Gasteiger partial charge in [-0.25, -0.2) is 8.42 Å². The zero-order valence-corrected chi connectivity index (χ0v) is 11.5. The first-order valence-corrected chi connectivity index (χ1v) is 7.94. The predicted molar refractivity (Wildman–Crippen MR) is 70.3 cm³/mol. The molecule has 1 aliphatic rings. The van der Waals surface area contributed by atoms with Crippen molar-refractivity contribution >= 4 is 27.2 Å². The number of rotatable bonds is 4. The molecule has 1 saturated heterocycles. The smallest absolute Gasteiger partial charge is 0.168 e. The maximum atomic E-state index is 11.3. The minimum atomic E-state index is -2.77. The molecule has 0 radical (unpaired) electrons. The van der Waals surface area contributed by atoms with Gasteiger partial charge in [-0.3, -0.25) is 0 Å². The third kappa shape index (κ3) is 3.90. The fourth-order valence-corrected chi connectivity index (χ4v) is 4.09. The van der Waals surface area contributed by atoms with E-state index in [0.29, 0.717) is 18.1 Å². The fourth-order valence-electron chi connectivity index (χ4n) is 1.89. The molecule has 1 atom stereocenters. The topological polar surface area (TPSA) is 49.4 Å². The van der Waals surface area contributed by atoms with Crippen LogP contribution in [0.3, 0.4) is 0 Å². The van der Waals surface area contributed by atoms with Gasteiger partial charge >= 0.3 is 0 Å². The summed E-state index contributed by atoms with van der Waals surface area (Å²) in [6.07, 6.45) is 0.760. The van der Waals surface area contributed by atoms with E-state index in [1.165, 1.54) is 0 Å². The van der Waals surface area contributed by atoms with E-state index in [0.717, 1.165) is 24.6 Å². The van der Waals surface area contributed by atoms with Crippen LogP contribution in [0.25, 0.3) is 0 Å². The van der Waals surface area contributed by atoms with Crippen molar-refractivity contribution in [3.63, 3.8) is 0 Å². The Morgan fingerprint density at radius 3 is 2.50 bits per heavy atom. The van der Waals surface area contributed by atoms with Gasteiger partial charge in [0.1, 0.15) is 0 Å². The lowest BCUT2D eigenvalue weighted by molar-refractivity contribution is 0.447. The summed E-state index contributed by atoms with van der Waals surface area (Å²) in [5.41, 5.74) is 0. The lowest BCUT2D eigenvalue weighted by Crippen LogP contribution is -2.41. The minimum Gasteiger partial charge on any atom is -0.362 e. The number of sulfone groups is 1. The average molecular weight is 264 g/mol. The van der Waals surface area contributed by atoms with Crippen molar-refractivity contribution in [2.75, 3.05) is 31.1 Å². The summed E-state index contributed by atoms with van der Waals surface area (Å²) in [4.78, 5) is 2.05. The van der Waals surface area contributed by atoms with Crippen LogP contribution in [0.1, 0.15) is 20.3 Å². The van der Waals surface area contributed by atoms with Crippen molar-refractivity contribution < 1.29 is 8.42 Å². The molecule has 1 heterocycles. The Labute approximate surface area is 103 Å². The molecular formula is C10H20N2O2S2. The number of hydrogen-bond acceptors (Lipinski definition) is 3. The first kappa shape index (κ1) is 13.7. The Morgan fingerprint density at radius 1 is 1.44 bits per heavy atom. The van der Waals surface area contributed by atoms with Gasteiger partial charge in [0, 0.05) is 19.6 Å². The molecule has 16 heavy (non-hydrogen) atoms. The molecule has 0 bridgehead atoms. The van der Waals surface area contributed by atoms with Gasteiger partial charge in [0.15, 0.2) is 14.9 Å². The molecule has 0 amide bonds. The van der Waals surface area contributed by atoms with E-state index in [4.69, 9.17) is 12.2 Å². The molecule has 0 aliphatic carbocycles. The van der Waals surface area contributed by atoms with Crippen LogP contribution in [0, 0.1) is 5.92 Å². The summed E-state index contributed by atoms with van der Waals surface area (Å²) in [6.45, 7) is 6.54. The molecule has 0 spiro atoms. The number of thiocarbonyl (C=S) groups is 1. The normalized spacial score (nSPS) is 23.0. The first-order valence-electron chi connectivity index (χ1n) is 5.71. The Balaban J connectivity index is 2.33. The highest BCUT2D eigenvalue weighted by atomic mass is 32.2. The van der Waals surface area contributed by atoms with Crippen LogP contribution in [0.15, 0.2) is 0 Å². The summed E-state index contributed by atoms with van der Waals surface area (Å²) in [5.74, 6) is 0.858. The molecule has 0 aromatic rings. The summed E-state index contributed by atoms with van der Waals surface area (Å²) >= 11 is 5.23. The molecule has 1 aliphatic heterocycles. The van der Waals surface area contributed by atoms with E-state index < -0.39 is 9.84 Å². The summed E-state index contributed by atoms with van der Waals surface area (Å²) < 4.78 is 22.5. The third-order valence-electron chi connectivity index (χ3n) is 2.92. The Morgan fingerprint density at radius 2 is 2.06 bits per heavy atom. The molecule has 0 saturated carbocycles. The van der Waals surface area contributed by atoms with Crippen molar-refractivity contribution in [3.05, 3.63) is 0 Å².